The summed E-state index contributed by atoms with van der Waals surface area (Å²) in [6.45, 7) is 2.36. The number of carbonyl (C=O) groups excluding carboxylic acids is 5. The highest BCUT2D eigenvalue weighted by molar-refractivity contribution is 7.89. The molecule has 0 aliphatic rings. The largest absolute Gasteiger partial charge is 0.494 e. The first-order valence-corrected chi connectivity index (χ1v) is 25.0. The van der Waals surface area contributed by atoms with Crippen LogP contribution in [0, 0.1) is 13.8 Å². The van der Waals surface area contributed by atoms with Crippen molar-refractivity contribution < 1.29 is 67.8 Å². The van der Waals surface area contributed by atoms with E-state index in [9.17, 15) is 58.6 Å². The molecule has 0 aliphatic carbocycles. The number of hydrogen-bond donors (Lipinski definition) is 10. The topological polar surface area (TPSA) is 396 Å². The molecule has 0 unspecified atom stereocenters. The SMILES string of the molecule is COC(=O)[C@H](CNC(=O)c1cn(C)c2cc(CNc3ncc[nH]3)ccc2c1=O)NS(=O)(=O)c1c(C)cc(OCCCC(=O)NCCNC(=O)[C@H](CS(=O)(=O)O)NC(=O)[C@@H](N)CS(=O)(=O)O)cc1C. The van der Waals surface area contributed by atoms with Crippen LogP contribution in [0.4, 0.5) is 5.95 Å². The molecular formula is C39H52N10O16S3. The highest BCUT2D eigenvalue weighted by atomic mass is 32.2. The molecule has 0 radical (unpaired) electrons. The lowest BCUT2D eigenvalue weighted by Gasteiger charge is -2.20. The van der Waals surface area contributed by atoms with Crippen molar-refractivity contribution >= 4 is 76.7 Å². The molecule has 0 bridgehead atoms. The highest BCUT2D eigenvalue weighted by Gasteiger charge is 2.31. The van der Waals surface area contributed by atoms with Gasteiger partial charge in [0.05, 0.1) is 29.9 Å². The van der Waals surface area contributed by atoms with Crippen LogP contribution in [0.3, 0.4) is 0 Å². The fourth-order valence-electron chi connectivity index (χ4n) is 6.61. The van der Waals surface area contributed by atoms with Crippen molar-refractivity contribution in [2.75, 3.05) is 50.2 Å². The number of fused-ring (bicyclic) bond motifs is 1. The van der Waals surface area contributed by atoms with Gasteiger partial charge in [-0.2, -0.15) is 21.6 Å². The summed E-state index contributed by atoms with van der Waals surface area (Å²) >= 11 is 0. The van der Waals surface area contributed by atoms with Gasteiger partial charge < -0.3 is 51.3 Å². The van der Waals surface area contributed by atoms with Crippen molar-refractivity contribution in [3.63, 3.8) is 0 Å². The number of amides is 4. The van der Waals surface area contributed by atoms with Crippen molar-refractivity contribution in [1.82, 2.24) is 40.5 Å². The van der Waals surface area contributed by atoms with Crippen molar-refractivity contribution in [1.29, 1.82) is 0 Å². The first-order chi connectivity index (χ1) is 31.8. The van der Waals surface area contributed by atoms with Gasteiger partial charge in [-0.05, 0) is 61.2 Å². The molecule has 372 valence electrons. The number of aromatic amines is 1. The van der Waals surface area contributed by atoms with Gasteiger partial charge in [0.1, 0.15) is 35.2 Å². The minimum Gasteiger partial charge on any atom is -0.494 e. The number of aryl methyl sites for hydroxylation is 3. The minimum atomic E-state index is -4.83. The number of benzene rings is 2. The van der Waals surface area contributed by atoms with E-state index in [2.05, 4.69) is 36.0 Å². The Morgan fingerprint density at radius 2 is 1.56 bits per heavy atom. The van der Waals surface area contributed by atoms with Gasteiger partial charge in [0.25, 0.3) is 26.1 Å². The molecule has 2 aromatic carbocycles. The Balaban J connectivity index is 1.28. The average molecular weight is 1010 g/mol. The molecule has 0 fully saturated rings. The number of sulfonamides is 1. The number of ether oxygens (including phenoxy) is 2. The van der Waals surface area contributed by atoms with Crippen LogP contribution in [0.25, 0.3) is 10.9 Å². The van der Waals surface area contributed by atoms with Crippen LogP contribution in [0.2, 0.25) is 0 Å². The molecule has 0 saturated carbocycles. The van der Waals surface area contributed by atoms with Gasteiger partial charge in [-0.3, -0.25) is 37.9 Å². The lowest BCUT2D eigenvalue weighted by Crippen LogP contribution is -2.56. The molecule has 29 heteroatoms. The van der Waals surface area contributed by atoms with E-state index in [0.29, 0.717) is 18.0 Å². The molecular weight excluding hydrogens is 961 g/mol. The Morgan fingerprint density at radius 3 is 2.18 bits per heavy atom. The van der Waals surface area contributed by atoms with Crippen LogP contribution in [0.1, 0.15) is 39.9 Å². The Labute approximate surface area is 390 Å². The number of carbonyl (C=O) groups is 5. The standard InChI is InChI=1S/C39H52N10O16S3/c1-22-14-25(65-13-5-6-32(50)41-9-10-42-37(54)30(21-67(59,60)61)47-36(53)28(40)20-66(56,57)58)15-23(2)34(22)68(62,63)48-29(38(55)64-4)18-45-35(52)27-19-49(3)31-16-24(7-8-26(31)33(27)51)17-46-39-43-11-12-44-39/h7-8,11-12,14-16,19,28-30,48H,5-6,9-10,13,17-18,20-21,40H2,1-4H3,(H,41,50)(H,42,54)(H,45,52)(H,47,53)(H2,43,44,46)(H,56,57,58)(H,59,60,61)/t28-,29-,30-/m0/s1. The summed E-state index contributed by atoms with van der Waals surface area (Å²) < 4.78 is 105. The van der Waals surface area contributed by atoms with Gasteiger partial charge in [0.15, 0.2) is 5.95 Å². The number of nitrogens with zero attached hydrogens (tertiary/aromatic N) is 2. The normalized spacial score (nSPS) is 13.2. The third-order valence-corrected chi connectivity index (χ3v) is 13.0. The maximum Gasteiger partial charge on any atom is 0.325 e. The third-order valence-electron chi connectivity index (χ3n) is 9.71. The molecule has 0 spiro atoms. The van der Waals surface area contributed by atoms with E-state index >= 15 is 0 Å². The second kappa shape index (κ2) is 23.5. The van der Waals surface area contributed by atoms with Gasteiger partial charge in [-0.1, -0.05) is 6.07 Å². The zero-order valence-corrected chi connectivity index (χ0v) is 39.5. The Morgan fingerprint density at radius 1 is 0.897 bits per heavy atom. The van der Waals surface area contributed by atoms with E-state index in [1.54, 1.807) is 42.2 Å². The second-order valence-corrected chi connectivity index (χ2v) is 19.8. The van der Waals surface area contributed by atoms with Crippen molar-refractivity contribution in [2.45, 2.75) is 56.3 Å². The number of aromatic nitrogens is 3. The number of methoxy groups -OCH3 is 1. The fourth-order valence-corrected chi connectivity index (χ4v) is 9.51. The minimum absolute atomic E-state index is 0.000433. The van der Waals surface area contributed by atoms with E-state index in [0.717, 1.165) is 12.7 Å². The lowest BCUT2D eigenvalue weighted by atomic mass is 10.1. The van der Waals surface area contributed by atoms with Crippen LogP contribution >= 0.6 is 0 Å². The van der Waals surface area contributed by atoms with E-state index < -0.39 is 101 Å². The monoisotopic (exact) mass is 1010 g/mol. The van der Waals surface area contributed by atoms with E-state index in [4.69, 9.17) is 19.8 Å². The van der Waals surface area contributed by atoms with Gasteiger partial charge in [-0.15, -0.1) is 0 Å². The van der Waals surface area contributed by atoms with Crippen LogP contribution < -0.4 is 47.2 Å². The Bertz CT molecular complexity index is 2890. The second-order valence-electron chi connectivity index (χ2n) is 15.2. The number of hydrogen-bond acceptors (Lipinski definition) is 17. The maximum atomic E-state index is 13.7. The van der Waals surface area contributed by atoms with Crippen LogP contribution in [0.15, 0.2) is 58.6 Å². The third kappa shape index (κ3) is 16.1. The molecule has 3 atom stereocenters. The Kier molecular flexibility index (Phi) is 18.7. The summed E-state index contributed by atoms with van der Waals surface area (Å²) in [4.78, 5) is 83.5. The zero-order valence-electron chi connectivity index (χ0n) is 37.0. The van der Waals surface area contributed by atoms with Crippen molar-refractivity contribution in [3.8, 4) is 5.75 Å². The summed E-state index contributed by atoms with van der Waals surface area (Å²) in [5, 5.41) is 12.4. The summed E-state index contributed by atoms with van der Waals surface area (Å²) in [5.41, 5.74) is 6.36. The summed E-state index contributed by atoms with van der Waals surface area (Å²) in [7, 11) is -11.3. The zero-order chi connectivity index (χ0) is 50.6. The molecule has 11 N–H and O–H groups in total. The number of esters is 1. The predicted molar refractivity (Wildman–Crippen MR) is 243 cm³/mol. The number of rotatable bonds is 25. The fraction of sp³-hybridized carbons (Fsp3) is 0.410. The number of nitrogens with two attached hydrogens (primary N) is 1. The van der Waals surface area contributed by atoms with Crippen LogP contribution in [-0.2, 0) is 67.8 Å². The van der Waals surface area contributed by atoms with Crippen molar-refractivity contribution in [2.24, 2.45) is 12.8 Å². The Hall–Kier alpha value is -6.50. The number of H-pyrrole nitrogens is 1. The molecule has 2 heterocycles. The highest BCUT2D eigenvalue weighted by Crippen LogP contribution is 2.26. The first-order valence-electron chi connectivity index (χ1n) is 20.3. The molecule has 68 heavy (non-hydrogen) atoms. The smallest absolute Gasteiger partial charge is 0.325 e. The quantitative estimate of drug-likeness (QED) is 0.0190. The number of pyridine rings is 1. The maximum absolute atomic E-state index is 13.7. The predicted octanol–water partition coefficient (Wildman–Crippen LogP) is -2.28. The summed E-state index contributed by atoms with van der Waals surface area (Å²) in [5.74, 6) is -6.51. The van der Waals surface area contributed by atoms with Gasteiger partial charge >= 0.3 is 5.97 Å². The number of nitrogens with one attached hydrogen (secondary N) is 7. The van der Waals surface area contributed by atoms with Gasteiger partial charge in [0.2, 0.25) is 33.2 Å². The average Bonchev–Trinajstić information content (AvgIpc) is 3.77. The summed E-state index contributed by atoms with van der Waals surface area (Å²) in [6.07, 6.45) is 4.71. The molecule has 4 amide bonds. The molecule has 4 rings (SSSR count). The van der Waals surface area contributed by atoms with Gasteiger partial charge in [0, 0.05) is 63.6 Å². The molecule has 26 nitrogen and oxygen atoms in total. The molecule has 0 saturated heterocycles. The number of anilines is 1. The molecule has 0 aliphatic heterocycles. The molecule has 4 aromatic rings. The van der Waals surface area contributed by atoms with Crippen LogP contribution in [0.5, 0.6) is 5.75 Å². The lowest BCUT2D eigenvalue weighted by molar-refractivity contribution is -0.142. The summed E-state index contributed by atoms with van der Waals surface area (Å²) in [6, 6.07) is 2.55. The van der Waals surface area contributed by atoms with Crippen LogP contribution in [-0.4, -0.2) is 141 Å². The van der Waals surface area contributed by atoms with Gasteiger partial charge in [-0.25, -0.2) is 13.4 Å². The first kappa shape index (κ1) is 54.1. The number of imidazole rings is 1. The molecule has 2 aromatic heterocycles. The van der Waals surface area contributed by atoms with E-state index in [1.165, 1.54) is 32.2 Å². The van der Waals surface area contributed by atoms with Crippen molar-refractivity contribution in [3.05, 3.63) is 81.4 Å². The van der Waals surface area contributed by atoms with E-state index in [1.807, 2.05) is 5.32 Å². The van der Waals surface area contributed by atoms with E-state index in [-0.39, 0.29) is 65.3 Å².